The molecule has 2 rings (SSSR count). The van der Waals surface area contributed by atoms with Crippen LogP contribution in [0.25, 0.3) is 0 Å². The fourth-order valence-electron chi connectivity index (χ4n) is 3.09. The quantitative estimate of drug-likeness (QED) is 0.837. The molecule has 1 aliphatic carbocycles. The summed E-state index contributed by atoms with van der Waals surface area (Å²) in [4.78, 5) is 0. The fourth-order valence-corrected chi connectivity index (χ4v) is 3.09. The van der Waals surface area contributed by atoms with Gasteiger partial charge in [-0.15, -0.1) is 0 Å². The monoisotopic (exact) mass is 260 g/mol. The first-order valence-corrected chi connectivity index (χ1v) is 7.63. The average molecular weight is 260 g/mol. The highest BCUT2D eigenvalue weighted by molar-refractivity contribution is 5.29. The molecule has 0 spiro atoms. The molecule has 0 bridgehead atoms. The van der Waals surface area contributed by atoms with Gasteiger partial charge in [-0.25, -0.2) is 0 Å². The Kier molecular flexibility index (Phi) is 4.06. The van der Waals surface area contributed by atoms with Crippen molar-refractivity contribution >= 4 is 0 Å². The highest BCUT2D eigenvalue weighted by atomic mass is 16.3. The molecule has 1 N–H and O–H groups in total. The summed E-state index contributed by atoms with van der Waals surface area (Å²) in [6.45, 7) is 9.10. The van der Waals surface area contributed by atoms with Crippen LogP contribution in [0.4, 0.5) is 0 Å². The molecule has 0 aliphatic heterocycles. The lowest BCUT2D eigenvalue weighted by atomic mass is 9.68. The Balaban J connectivity index is 2.17. The van der Waals surface area contributed by atoms with Crippen LogP contribution in [0.1, 0.15) is 64.5 Å². The zero-order valence-corrected chi connectivity index (χ0v) is 12.9. The van der Waals surface area contributed by atoms with E-state index in [2.05, 4.69) is 52.0 Å². The standard InChI is InChI=1S/C18H28O/c1-14(2)12-15-6-5-7-16(13-15)18(19)10-8-17(3,4)9-11-18/h5-7,13-14,19H,8-12H2,1-4H3. The van der Waals surface area contributed by atoms with E-state index in [4.69, 9.17) is 0 Å². The molecule has 1 aromatic carbocycles. The summed E-state index contributed by atoms with van der Waals surface area (Å²) in [6, 6.07) is 8.60. The van der Waals surface area contributed by atoms with Crippen molar-refractivity contribution in [1.82, 2.24) is 0 Å². The SMILES string of the molecule is CC(C)Cc1cccc(C2(O)CCC(C)(C)CC2)c1. The van der Waals surface area contributed by atoms with Gasteiger partial charge in [0.25, 0.3) is 0 Å². The molecule has 1 fully saturated rings. The van der Waals surface area contributed by atoms with Crippen LogP contribution in [0.3, 0.4) is 0 Å². The van der Waals surface area contributed by atoms with Crippen molar-refractivity contribution in [1.29, 1.82) is 0 Å². The van der Waals surface area contributed by atoms with Gasteiger partial charge in [-0.1, -0.05) is 52.0 Å². The second kappa shape index (κ2) is 5.28. The van der Waals surface area contributed by atoms with Gasteiger partial charge in [-0.2, -0.15) is 0 Å². The minimum Gasteiger partial charge on any atom is -0.385 e. The lowest BCUT2D eigenvalue weighted by molar-refractivity contribution is -0.0306. The summed E-state index contributed by atoms with van der Waals surface area (Å²) in [5.41, 5.74) is 2.27. The van der Waals surface area contributed by atoms with Crippen LogP contribution in [0.15, 0.2) is 24.3 Å². The molecular formula is C18H28O. The summed E-state index contributed by atoms with van der Waals surface area (Å²) in [5, 5.41) is 10.9. The van der Waals surface area contributed by atoms with Gasteiger partial charge in [0.05, 0.1) is 5.60 Å². The van der Waals surface area contributed by atoms with Crippen LogP contribution in [0, 0.1) is 11.3 Å². The number of aliphatic hydroxyl groups is 1. The topological polar surface area (TPSA) is 20.2 Å². The third-order valence-corrected chi connectivity index (χ3v) is 4.54. The highest BCUT2D eigenvalue weighted by Crippen LogP contribution is 2.45. The van der Waals surface area contributed by atoms with E-state index in [9.17, 15) is 5.11 Å². The highest BCUT2D eigenvalue weighted by Gasteiger charge is 2.37. The van der Waals surface area contributed by atoms with Crippen LogP contribution in [0.2, 0.25) is 0 Å². The zero-order valence-electron chi connectivity index (χ0n) is 12.9. The molecule has 0 saturated heterocycles. The molecular weight excluding hydrogens is 232 g/mol. The van der Waals surface area contributed by atoms with Crippen molar-refractivity contribution in [3.8, 4) is 0 Å². The number of hydrogen-bond acceptors (Lipinski definition) is 1. The van der Waals surface area contributed by atoms with Crippen molar-refractivity contribution < 1.29 is 5.11 Å². The van der Waals surface area contributed by atoms with Crippen LogP contribution in [-0.4, -0.2) is 5.11 Å². The first kappa shape index (κ1) is 14.6. The van der Waals surface area contributed by atoms with Crippen LogP contribution >= 0.6 is 0 Å². The second-order valence-corrected chi connectivity index (χ2v) is 7.49. The minimum absolute atomic E-state index is 0.391. The summed E-state index contributed by atoms with van der Waals surface area (Å²) >= 11 is 0. The number of rotatable bonds is 3. The van der Waals surface area contributed by atoms with E-state index in [1.807, 2.05) is 0 Å². The van der Waals surface area contributed by atoms with Crippen LogP contribution in [-0.2, 0) is 12.0 Å². The second-order valence-electron chi connectivity index (χ2n) is 7.49. The fraction of sp³-hybridized carbons (Fsp3) is 0.667. The lowest BCUT2D eigenvalue weighted by Crippen LogP contribution is -2.34. The van der Waals surface area contributed by atoms with Gasteiger partial charge in [0.1, 0.15) is 0 Å². The Labute approximate surface area is 118 Å². The van der Waals surface area contributed by atoms with E-state index in [-0.39, 0.29) is 0 Å². The predicted molar refractivity (Wildman–Crippen MR) is 81.1 cm³/mol. The molecule has 1 heteroatoms. The summed E-state index contributed by atoms with van der Waals surface area (Å²) in [5.74, 6) is 0.662. The lowest BCUT2D eigenvalue weighted by Gasteiger charge is -2.40. The first-order chi connectivity index (χ1) is 8.81. The predicted octanol–water partition coefficient (Wildman–Crippen LogP) is 4.67. The van der Waals surface area contributed by atoms with Gasteiger partial charge in [-0.3, -0.25) is 0 Å². The third kappa shape index (κ3) is 3.60. The van der Waals surface area contributed by atoms with Gasteiger partial charge >= 0.3 is 0 Å². The smallest absolute Gasteiger partial charge is 0.0897 e. The summed E-state index contributed by atoms with van der Waals surface area (Å²) < 4.78 is 0. The maximum atomic E-state index is 10.9. The normalized spacial score (nSPS) is 21.6. The van der Waals surface area contributed by atoms with Gasteiger partial charge in [-0.05, 0) is 54.6 Å². The van der Waals surface area contributed by atoms with Crippen molar-refractivity contribution in [3.63, 3.8) is 0 Å². The van der Waals surface area contributed by atoms with Crippen LogP contribution < -0.4 is 0 Å². The maximum absolute atomic E-state index is 10.9. The molecule has 0 aromatic heterocycles. The Morgan fingerprint density at radius 1 is 1.11 bits per heavy atom. The molecule has 0 unspecified atom stereocenters. The average Bonchev–Trinajstić information content (AvgIpc) is 2.33. The summed E-state index contributed by atoms with van der Waals surface area (Å²) in [7, 11) is 0. The van der Waals surface area contributed by atoms with Gasteiger partial charge in [0.2, 0.25) is 0 Å². The van der Waals surface area contributed by atoms with Gasteiger partial charge in [0, 0.05) is 0 Å². The zero-order chi connectivity index (χ0) is 14.1. The molecule has 0 atom stereocenters. The van der Waals surface area contributed by atoms with E-state index in [1.54, 1.807) is 0 Å². The minimum atomic E-state index is -0.595. The molecule has 0 amide bonds. The molecule has 0 radical (unpaired) electrons. The van der Waals surface area contributed by atoms with Crippen LogP contribution in [0.5, 0.6) is 0 Å². The molecule has 1 aliphatic rings. The molecule has 0 heterocycles. The third-order valence-electron chi connectivity index (χ3n) is 4.54. The van der Waals surface area contributed by atoms with Crippen molar-refractivity contribution in [3.05, 3.63) is 35.4 Å². The largest absolute Gasteiger partial charge is 0.385 e. The molecule has 19 heavy (non-hydrogen) atoms. The molecule has 106 valence electrons. The van der Waals surface area contributed by atoms with E-state index in [0.29, 0.717) is 11.3 Å². The van der Waals surface area contributed by atoms with E-state index in [1.165, 1.54) is 5.56 Å². The van der Waals surface area contributed by atoms with Crippen molar-refractivity contribution in [2.75, 3.05) is 0 Å². The molecule has 1 saturated carbocycles. The van der Waals surface area contributed by atoms with E-state index in [0.717, 1.165) is 37.7 Å². The van der Waals surface area contributed by atoms with Crippen molar-refractivity contribution in [2.45, 2.75) is 65.4 Å². The molecule has 1 aromatic rings. The Morgan fingerprint density at radius 2 is 1.74 bits per heavy atom. The van der Waals surface area contributed by atoms with Gasteiger partial charge in [0.15, 0.2) is 0 Å². The number of hydrogen-bond donors (Lipinski definition) is 1. The van der Waals surface area contributed by atoms with E-state index >= 15 is 0 Å². The van der Waals surface area contributed by atoms with Crippen molar-refractivity contribution in [2.24, 2.45) is 11.3 Å². The Hall–Kier alpha value is -0.820. The summed E-state index contributed by atoms with van der Waals surface area (Å²) in [6.07, 6.45) is 5.10. The van der Waals surface area contributed by atoms with E-state index < -0.39 is 5.60 Å². The first-order valence-electron chi connectivity index (χ1n) is 7.63. The number of benzene rings is 1. The Morgan fingerprint density at radius 3 is 2.32 bits per heavy atom. The Bertz CT molecular complexity index is 421. The maximum Gasteiger partial charge on any atom is 0.0897 e. The van der Waals surface area contributed by atoms with Gasteiger partial charge < -0.3 is 5.11 Å². The molecule has 1 nitrogen and oxygen atoms in total.